The van der Waals surface area contributed by atoms with Crippen LogP contribution in [0.5, 0.6) is 0 Å². The fourth-order valence-electron chi connectivity index (χ4n) is 4.28. The van der Waals surface area contributed by atoms with E-state index >= 15 is 0 Å². The second kappa shape index (κ2) is 8.06. The van der Waals surface area contributed by atoms with Crippen LogP contribution < -0.4 is 0 Å². The van der Waals surface area contributed by atoms with Crippen molar-refractivity contribution in [3.63, 3.8) is 0 Å². The predicted octanol–water partition coefficient (Wildman–Crippen LogP) is 1.39. The zero-order chi connectivity index (χ0) is 20.4. The van der Waals surface area contributed by atoms with Gasteiger partial charge in [-0.05, 0) is 29.8 Å². The summed E-state index contributed by atoms with van der Waals surface area (Å²) in [5, 5.41) is 9.86. The van der Waals surface area contributed by atoms with E-state index in [1.807, 2.05) is 36.4 Å². The normalized spacial score (nSPS) is 23.0. The molecule has 4 rings (SSSR count). The van der Waals surface area contributed by atoms with Crippen LogP contribution in [0.4, 0.5) is 0 Å². The van der Waals surface area contributed by atoms with Gasteiger partial charge in [-0.25, -0.2) is 0 Å². The van der Waals surface area contributed by atoms with Gasteiger partial charge in [-0.3, -0.25) is 14.6 Å². The molecule has 29 heavy (non-hydrogen) atoms. The highest BCUT2D eigenvalue weighted by molar-refractivity contribution is 5.87. The first-order chi connectivity index (χ1) is 14.1. The summed E-state index contributed by atoms with van der Waals surface area (Å²) in [7, 11) is 0. The molecule has 0 unspecified atom stereocenters. The van der Waals surface area contributed by atoms with Crippen LogP contribution in [0.3, 0.4) is 0 Å². The molecule has 6 heteroatoms. The van der Waals surface area contributed by atoms with Crippen molar-refractivity contribution in [2.75, 3.05) is 19.7 Å². The summed E-state index contributed by atoms with van der Waals surface area (Å²) in [6, 6.07) is 11.3. The van der Waals surface area contributed by atoms with E-state index in [-0.39, 0.29) is 43.0 Å². The highest BCUT2D eigenvalue weighted by Crippen LogP contribution is 2.42. The van der Waals surface area contributed by atoms with Crippen LogP contribution in [0.15, 0.2) is 48.8 Å². The average molecular weight is 389 g/mol. The van der Waals surface area contributed by atoms with Gasteiger partial charge in [0.2, 0.25) is 11.8 Å². The number of carbonyl (C=O) groups excluding carboxylic acids is 2. The third-order valence-corrected chi connectivity index (χ3v) is 5.72. The standard InChI is InChI=1S/C23H23N3O3/c1-2-21(28)25-13-19-23(20(15-27)26(19)22(29)14-25)18-9-7-16(8-10-18)5-6-17-4-3-11-24-12-17/h3-4,7-12,19-20,23,27H,2,13-15H2,1H3/t19-,20-,23+/m1/s1. The maximum atomic E-state index is 12.5. The minimum atomic E-state index is -0.237. The lowest BCUT2D eigenvalue weighted by Gasteiger charge is -2.58. The Labute approximate surface area is 170 Å². The first-order valence-electron chi connectivity index (χ1n) is 9.84. The van der Waals surface area contributed by atoms with Crippen molar-refractivity contribution in [3.05, 3.63) is 65.5 Å². The van der Waals surface area contributed by atoms with E-state index in [9.17, 15) is 14.7 Å². The molecule has 3 heterocycles. The first kappa shape index (κ1) is 19.2. The quantitative estimate of drug-likeness (QED) is 0.805. The monoisotopic (exact) mass is 389 g/mol. The second-order valence-electron chi connectivity index (χ2n) is 7.39. The van der Waals surface area contributed by atoms with Crippen molar-refractivity contribution >= 4 is 11.8 Å². The van der Waals surface area contributed by atoms with E-state index in [1.165, 1.54) is 0 Å². The minimum Gasteiger partial charge on any atom is -0.394 e. The topological polar surface area (TPSA) is 73.7 Å². The summed E-state index contributed by atoms with van der Waals surface area (Å²) >= 11 is 0. The number of aliphatic hydroxyl groups excluding tert-OH is 1. The summed E-state index contributed by atoms with van der Waals surface area (Å²) in [6.45, 7) is 2.34. The maximum Gasteiger partial charge on any atom is 0.242 e. The fourth-order valence-corrected chi connectivity index (χ4v) is 4.28. The predicted molar refractivity (Wildman–Crippen MR) is 108 cm³/mol. The highest BCUT2D eigenvalue weighted by Gasteiger charge is 2.54. The van der Waals surface area contributed by atoms with Crippen molar-refractivity contribution in [2.45, 2.75) is 31.3 Å². The molecule has 0 aliphatic carbocycles. The lowest BCUT2D eigenvalue weighted by Crippen LogP contribution is -2.73. The van der Waals surface area contributed by atoms with Crippen molar-refractivity contribution in [2.24, 2.45) is 0 Å². The van der Waals surface area contributed by atoms with Crippen LogP contribution in [0.2, 0.25) is 0 Å². The third-order valence-electron chi connectivity index (χ3n) is 5.72. The van der Waals surface area contributed by atoms with Crippen molar-refractivity contribution in [3.8, 4) is 11.8 Å². The van der Waals surface area contributed by atoms with E-state index in [1.54, 1.807) is 29.1 Å². The molecule has 1 aromatic heterocycles. The molecule has 3 atom stereocenters. The number of hydrogen-bond acceptors (Lipinski definition) is 4. The van der Waals surface area contributed by atoms with Crippen LogP contribution in [-0.2, 0) is 9.59 Å². The van der Waals surface area contributed by atoms with Crippen LogP contribution in [0.1, 0.15) is 36.0 Å². The molecule has 148 valence electrons. The number of nitrogens with zero attached hydrogens (tertiary/aromatic N) is 3. The van der Waals surface area contributed by atoms with E-state index in [0.717, 1.165) is 16.7 Å². The van der Waals surface area contributed by atoms with Crippen LogP contribution in [0.25, 0.3) is 0 Å². The van der Waals surface area contributed by atoms with Gasteiger partial charge in [-0.15, -0.1) is 0 Å². The number of pyridine rings is 1. The second-order valence-corrected chi connectivity index (χ2v) is 7.39. The molecular weight excluding hydrogens is 366 g/mol. The van der Waals surface area contributed by atoms with Crippen molar-refractivity contribution in [1.82, 2.24) is 14.8 Å². The summed E-state index contributed by atoms with van der Waals surface area (Å²) in [4.78, 5) is 32.0. The van der Waals surface area contributed by atoms with Gasteiger partial charge >= 0.3 is 0 Å². The molecule has 2 saturated heterocycles. The van der Waals surface area contributed by atoms with Gasteiger partial charge < -0.3 is 14.9 Å². The Bertz CT molecular complexity index is 962. The van der Waals surface area contributed by atoms with Gasteiger partial charge in [-0.2, -0.15) is 0 Å². The Morgan fingerprint density at radius 2 is 1.97 bits per heavy atom. The van der Waals surface area contributed by atoms with Crippen molar-refractivity contribution < 1.29 is 14.7 Å². The Kier molecular flexibility index (Phi) is 5.32. The Balaban J connectivity index is 1.53. The van der Waals surface area contributed by atoms with E-state index in [0.29, 0.717) is 13.0 Å². The third kappa shape index (κ3) is 3.62. The average Bonchev–Trinajstić information content (AvgIpc) is 2.74. The molecule has 0 spiro atoms. The Morgan fingerprint density at radius 3 is 2.62 bits per heavy atom. The Hall–Kier alpha value is -3.17. The van der Waals surface area contributed by atoms with Crippen molar-refractivity contribution in [1.29, 1.82) is 0 Å². The molecule has 2 aliphatic heterocycles. The van der Waals surface area contributed by atoms with Gasteiger partial charge in [0.25, 0.3) is 0 Å². The number of aromatic nitrogens is 1. The summed E-state index contributed by atoms with van der Waals surface area (Å²) in [6.07, 6.45) is 3.82. The summed E-state index contributed by atoms with van der Waals surface area (Å²) in [5.41, 5.74) is 2.79. The molecular formula is C23H23N3O3. The van der Waals surface area contributed by atoms with Gasteiger partial charge in [0, 0.05) is 42.4 Å². The molecule has 2 aliphatic rings. The number of fused-ring (bicyclic) bond motifs is 1. The number of piperazine rings is 1. The molecule has 2 fully saturated rings. The number of carbonyl (C=O) groups is 2. The first-order valence-corrected chi connectivity index (χ1v) is 9.84. The fraction of sp³-hybridized carbons (Fsp3) is 0.348. The molecule has 0 bridgehead atoms. The number of benzene rings is 1. The minimum absolute atomic E-state index is 0.00905. The van der Waals surface area contributed by atoms with Crippen LogP contribution in [-0.4, -0.2) is 63.5 Å². The molecule has 2 aromatic rings. The summed E-state index contributed by atoms with van der Waals surface area (Å²) < 4.78 is 0. The number of aliphatic hydroxyl groups is 1. The van der Waals surface area contributed by atoms with Gasteiger partial charge in [-0.1, -0.05) is 30.9 Å². The number of amides is 2. The smallest absolute Gasteiger partial charge is 0.242 e. The molecule has 0 radical (unpaired) electrons. The van der Waals surface area contributed by atoms with E-state index < -0.39 is 0 Å². The molecule has 1 aromatic carbocycles. The zero-order valence-electron chi connectivity index (χ0n) is 16.3. The SMILES string of the molecule is CCC(=O)N1CC(=O)N2[C@H](CO)[C@@H](c3ccc(C#Cc4cccnc4)cc3)[C@H]2C1. The zero-order valence-corrected chi connectivity index (χ0v) is 16.3. The van der Waals surface area contributed by atoms with Crippen LogP contribution in [0, 0.1) is 11.8 Å². The lowest BCUT2D eigenvalue weighted by molar-refractivity contribution is -0.166. The lowest BCUT2D eigenvalue weighted by atomic mass is 9.73. The van der Waals surface area contributed by atoms with Gasteiger partial charge in [0.1, 0.15) is 0 Å². The maximum absolute atomic E-state index is 12.5. The van der Waals surface area contributed by atoms with E-state index in [4.69, 9.17) is 0 Å². The largest absolute Gasteiger partial charge is 0.394 e. The van der Waals surface area contributed by atoms with Gasteiger partial charge in [0.05, 0.1) is 25.2 Å². The molecule has 1 N–H and O–H groups in total. The van der Waals surface area contributed by atoms with Gasteiger partial charge in [0.15, 0.2) is 0 Å². The summed E-state index contributed by atoms with van der Waals surface area (Å²) in [5.74, 6) is 6.12. The number of rotatable bonds is 3. The molecule has 0 saturated carbocycles. The number of hydrogen-bond donors (Lipinski definition) is 1. The molecule has 2 amide bonds. The molecule has 6 nitrogen and oxygen atoms in total. The van der Waals surface area contributed by atoms with E-state index in [2.05, 4.69) is 16.8 Å². The van der Waals surface area contributed by atoms with Crippen LogP contribution >= 0.6 is 0 Å². The Morgan fingerprint density at radius 1 is 1.21 bits per heavy atom. The highest BCUT2D eigenvalue weighted by atomic mass is 16.3.